The lowest BCUT2D eigenvalue weighted by Gasteiger charge is -2.16. The average Bonchev–Trinajstić information content (AvgIpc) is 2.47. The molecule has 0 saturated carbocycles. The summed E-state index contributed by atoms with van der Waals surface area (Å²) in [6, 6.07) is 14.4. The highest BCUT2D eigenvalue weighted by molar-refractivity contribution is 5.86. The molecule has 0 aliphatic carbocycles. The zero-order chi connectivity index (χ0) is 13.7. The summed E-state index contributed by atoms with van der Waals surface area (Å²) in [6.45, 7) is 2.69. The van der Waals surface area contributed by atoms with Crippen LogP contribution < -0.4 is 11.1 Å². The minimum Gasteiger partial charge on any atom is -0.409 e. The molecule has 0 aliphatic rings. The van der Waals surface area contributed by atoms with Gasteiger partial charge >= 0.3 is 0 Å². The highest BCUT2D eigenvalue weighted by Gasteiger charge is 2.11. The second-order valence-electron chi connectivity index (χ2n) is 4.50. The van der Waals surface area contributed by atoms with Crippen molar-refractivity contribution in [3.63, 3.8) is 0 Å². The largest absolute Gasteiger partial charge is 0.409 e. The molecule has 4 nitrogen and oxygen atoms in total. The van der Waals surface area contributed by atoms with Gasteiger partial charge in [-0.15, -0.1) is 0 Å². The molecule has 0 heterocycles. The smallest absolute Gasteiger partial charge is 0.156 e. The molecule has 0 fully saturated rings. The third-order valence-electron chi connectivity index (χ3n) is 3.30. The third-order valence-corrected chi connectivity index (χ3v) is 3.30. The van der Waals surface area contributed by atoms with Crippen LogP contribution in [0.1, 0.15) is 18.9 Å². The first-order valence-corrected chi connectivity index (χ1v) is 6.43. The molecule has 0 bridgehead atoms. The molecule has 0 amide bonds. The second kappa shape index (κ2) is 6.20. The van der Waals surface area contributed by atoms with Crippen molar-refractivity contribution in [3.05, 3.63) is 48.0 Å². The maximum absolute atomic E-state index is 8.73. The van der Waals surface area contributed by atoms with E-state index in [4.69, 9.17) is 10.9 Å². The van der Waals surface area contributed by atoms with E-state index < -0.39 is 0 Å². The lowest BCUT2D eigenvalue weighted by Crippen LogP contribution is -2.40. The van der Waals surface area contributed by atoms with E-state index in [0.717, 1.165) is 6.42 Å². The molecule has 1 atom stereocenters. The van der Waals surface area contributed by atoms with Crippen molar-refractivity contribution in [3.8, 4) is 0 Å². The number of hydrogen-bond donors (Lipinski definition) is 3. The molecule has 1 unspecified atom stereocenters. The van der Waals surface area contributed by atoms with Crippen LogP contribution in [0.2, 0.25) is 0 Å². The number of benzene rings is 2. The van der Waals surface area contributed by atoms with Crippen molar-refractivity contribution < 1.29 is 5.21 Å². The SMILES string of the molecule is CCC(NCc1cccc2ccccc12)C(N)=NO. The van der Waals surface area contributed by atoms with Gasteiger partial charge in [0.1, 0.15) is 0 Å². The van der Waals surface area contributed by atoms with E-state index in [0.29, 0.717) is 6.54 Å². The summed E-state index contributed by atoms with van der Waals surface area (Å²) >= 11 is 0. The normalized spacial score (nSPS) is 13.6. The monoisotopic (exact) mass is 257 g/mol. The summed E-state index contributed by atoms with van der Waals surface area (Å²) in [5, 5.41) is 17.6. The van der Waals surface area contributed by atoms with E-state index in [-0.39, 0.29) is 11.9 Å². The fourth-order valence-electron chi connectivity index (χ4n) is 2.21. The minimum absolute atomic E-state index is 0.107. The van der Waals surface area contributed by atoms with Crippen LogP contribution in [0.5, 0.6) is 0 Å². The minimum atomic E-state index is -0.107. The third kappa shape index (κ3) is 3.03. The second-order valence-corrected chi connectivity index (χ2v) is 4.50. The Morgan fingerprint density at radius 2 is 2.00 bits per heavy atom. The zero-order valence-corrected chi connectivity index (χ0v) is 11.0. The molecule has 2 aromatic carbocycles. The molecule has 19 heavy (non-hydrogen) atoms. The van der Waals surface area contributed by atoms with Gasteiger partial charge in [-0.2, -0.15) is 0 Å². The predicted molar refractivity (Wildman–Crippen MR) is 78.3 cm³/mol. The molecular weight excluding hydrogens is 238 g/mol. The Balaban J connectivity index is 2.18. The topological polar surface area (TPSA) is 70.6 Å². The Hall–Kier alpha value is -2.07. The number of nitrogens with zero attached hydrogens (tertiary/aromatic N) is 1. The van der Waals surface area contributed by atoms with Gasteiger partial charge in [0.25, 0.3) is 0 Å². The van der Waals surface area contributed by atoms with Crippen molar-refractivity contribution in [2.45, 2.75) is 25.9 Å². The summed E-state index contributed by atoms with van der Waals surface area (Å²) < 4.78 is 0. The van der Waals surface area contributed by atoms with Crippen LogP contribution in [-0.4, -0.2) is 17.1 Å². The van der Waals surface area contributed by atoms with Crippen LogP contribution in [-0.2, 0) is 6.54 Å². The number of hydrogen-bond acceptors (Lipinski definition) is 3. The Morgan fingerprint density at radius 3 is 2.74 bits per heavy atom. The molecule has 100 valence electrons. The van der Waals surface area contributed by atoms with Gasteiger partial charge in [0, 0.05) is 6.54 Å². The molecule has 0 aliphatic heterocycles. The van der Waals surface area contributed by atoms with Gasteiger partial charge in [0.15, 0.2) is 5.84 Å². The number of oxime groups is 1. The summed E-state index contributed by atoms with van der Waals surface area (Å²) in [5.74, 6) is 0.225. The van der Waals surface area contributed by atoms with Gasteiger partial charge in [-0.25, -0.2) is 0 Å². The van der Waals surface area contributed by atoms with Crippen molar-refractivity contribution in [1.29, 1.82) is 0 Å². The Morgan fingerprint density at radius 1 is 1.26 bits per heavy atom. The lowest BCUT2D eigenvalue weighted by molar-refractivity contribution is 0.314. The van der Waals surface area contributed by atoms with Crippen LogP contribution in [0.15, 0.2) is 47.6 Å². The van der Waals surface area contributed by atoms with E-state index in [2.05, 4.69) is 34.7 Å². The fourth-order valence-corrected chi connectivity index (χ4v) is 2.21. The molecule has 0 spiro atoms. The molecule has 4 N–H and O–H groups in total. The highest BCUT2D eigenvalue weighted by Crippen LogP contribution is 2.18. The molecule has 0 radical (unpaired) electrons. The van der Waals surface area contributed by atoms with Crippen molar-refractivity contribution >= 4 is 16.6 Å². The van der Waals surface area contributed by atoms with Gasteiger partial charge in [-0.1, -0.05) is 54.5 Å². The van der Waals surface area contributed by atoms with Crippen LogP contribution in [0.4, 0.5) is 0 Å². The number of nitrogens with two attached hydrogens (primary N) is 1. The first-order valence-electron chi connectivity index (χ1n) is 6.43. The molecule has 0 saturated heterocycles. The first-order chi connectivity index (χ1) is 9.26. The maximum Gasteiger partial charge on any atom is 0.156 e. The number of amidine groups is 1. The summed E-state index contributed by atoms with van der Waals surface area (Å²) in [7, 11) is 0. The van der Waals surface area contributed by atoms with Crippen LogP contribution >= 0.6 is 0 Å². The average molecular weight is 257 g/mol. The molecule has 2 aromatic rings. The molecule has 0 aromatic heterocycles. The standard InChI is InChI=1S/C15H19N3O/c1-2-14(15(16)18-19)17-10-12-8-5-7-11-6-3-4-9-13(11)12/h3-9,14,17,19H,2,10H2,1H3,(H2,16,18). The van der Waals surface area contributed by atoms with E-state index >= 15 is 0 Å². The number of rotatable bonds is 5. The van der Waals surface area contributed by atoms with E-state index in [1.807, 2.05) is 25.1 Å². The summed E-state index contributed by atoms with van der Waals surface area (Å²) in [6.07, 6.45) is 0.778. The Labute approximate surface area is 112 Å². The van der Waals surface area contributed by atoms with E-state index in [1.54, 1.807) is 0 Å². The summed E-state index contributed by atoms with van der Waals surface area (Å²) in [4.78, 5) is 0. The lowest BCUT2D eigenvalue weighted by atomic mass is 10.0. The summed E-state index contributed by atoms with van der Waals surface area (Å²) in [5.41, 5.74) is 6.85. The Kier molecular flexibility index (Phi) is 4.36. The first kappa shape index (κ1) is 13.4. The fraction of sp³-hybridized carbons (Fsp3) is 0.267. The van der Waals surface area contributed by atoms with Gasteiger partial charge in [0.05, 0.1) is 6.04 Å². The highest BCUT2D eigenvalue weighted by atomic mass is 16.4. The zero-order valence-electron chi connectivity index (χ0n) is 11.0. The van der Waals surface area contributed by atoms with Gasteiger partial charge < -0.3 is 16.3 Å². The van der Waals surface area contributed by atoms with E-state index in [1.165, 1.54) is 16.3 Å². The molecular formula is C15H19N3O. The number of fused-ring (bicyclic) bond motifs is 1. The molecule has 4 heteroatoms. The van der Waals surface area contributed by atoms with Crippen LogP contribution in [0.3, 0.4) is 0 Å². The van der Waals surface area contributed by atoms with Crippen LogP contribution in [0, 0.1) is 0 Å². The van der Waals surface area contributed by atoms with Crippen molar-refractivity contribution in [2.24, 2.45) is 10.9 Å². The van der Waals surface area contributed by atoms with Crippen molar-refractivity contribution in [2.75, 3.05) is 0 Å². The predicted octanol–water partition coefficient (Wildman–Crippen LogP) is 2.45. The molecule has 2 rings (SSSR count). The Bertz CT molecular complexity index is 575. The quantitative estimate of drug-likeness (QED) is 0.333. The van der Waals surface area contributed by atoms with Gasteiger partial charge in [-0.05, 0) is 22.8 Å². The van der Waals surface area contributed by atoms with Gasteiger partial charge in [0.2, 0.25) is 0 Å². The maximum atomic E-state index is 8.73. The van der Waals surface area contributed by atoms with Gasteiger partial charge in [-0.3, -0.25) is 0 Å². The van der Waals surface area contributed by atoms with Crippen molar-refractivity contribution in [1.82, 2.24) is 5.32 Å². The number of nitrogens with one attached hydrogen (secondary N) is 1. The van der Waals surface area contributed by atoms with E-state index in [9.17, 15) is 0 Å². The van der Waals surface area contributed by atoms with Crippen LogP contribution in [0.25, 0.3) is 10.8 Å².